The minimum absolute atomic E-state index is 0.0262. The predicted octanol–water partition coefficient (Wildman–Crippen LogP) is 3.21. The molecule has 1 amide bonds. The van der Waals surface area contributed by atoms with Crippen molar-refractivity contribution in [2.45, 2.75) is 43.4 Å². The first kappa shape index (κ1) is 17.1. The second-order valence-electron chi connectivity index (χ2n) is 5.81. The van der Waals surface area contributed by atoms with E-state index in [4.69, 9.17) is 17.3 Å². The van der Waals surface area contributed by atoms with E-state index in [-0.39, 0.29) is 17.7 Å². The monoisotopic (exact) mass is 365 g/mol. The fraction of sp³-hybridized carbons (Fsp3) is 0.438. The molecule has 0 saturated heterocycles. The van der Waals surface area contributed by atoms with Gasteiger partial charge in [0.1, 0.15) is 0 Å². The van der Waals surface area contributed by atoms with Crippen LogP contribution >= 0.6 is 23.4 Å². The van der Waals surface area contributed by atoms with Crippen LogP contribution < -0.4 is 11.1 Å². The molecule has 2 aromatic rings. The Morgan fingerprint density at radius 1 is 1.42 bits per heavy atom. The van der Waals surface area contributed by atoms with Gasteiger partial charge in [0, 0.05) is 11.1 Å². The maximum atomic E-state index is 12.3. The van der Waals surface area contributed by atoms with Gasteiger partial charge < -0.3 is 11.1 Å². The van der Waals surface area contributed by atoms with E-state index in [1.807, 2.05) is 35.8 Å². The van der Waals surface area contributed by atoms with Crippen LogP contribution in [0.2, 0.25) is 5.02 Å². The van der Waals surface area contributed by atoms with Crippen LogP contribution in [0.1, 0.15) is 43.8 Å². The van der Waals surface area contributed by atoms with Crippen LogP contribution in [0.5, 0.6) is 0 Å². The van der Waals surface area contributed by atoms with Gasteiger partial charge in [-0.1, -0.05) is 42.4 Å². The minimum Gasteiger partial charge on any atom is -0.368 e. The number of anilines is 1. The van der Waals surface area contributed by atoms with Crippen LogP contribution in [-0.2, 0) is 4.79 Å². The molecule has 0 aliphatic heterocycles. The summed E-state index contributed by atoms with van der Waals surface area (Å²) in [5.41, 5.74) is 6.89. The number of halogens is 1. The smallest absolute Gasteiger partial charge is 0.230 e. The lowest BCUT2D eigenvalue weighted by molar-refractivity contribution is -0.119. The molecule has 3 N–H and O–H groups in total. The third kappa shape index (κ3) is 4.02. The van der Waals surface area contributed by atoms with E-state index in [1.165, 1.54) is 11.8 Å². The molecule has 0 radical (unpaired) electrons. The first-order valence-electron chi connectivity index (χ1n) is 7.96. The first-order valence-corrected chi connectivity index (χ1v) is 9.32. The van der Waals surface area contributed by atoms with E-state index in [2.05, 4.69) is 15.5 Å². The highest BCUT2D eigenvalue weighted by atomic mass is 35.5. The molecular formula is C16H20ClN5OS. The number of nitrogens with zero attached hydrogens (tertiary/aromatic N) is 3. The maximum Gasteiger partial charge on any atom is 0.230 e. The summed E-state index contributed by atoms with van der Waals surface area (Å²) in [5.74, 6) is 0.674. The Labute approximate surface area is 150 Å². The van der Waals surface area contributed by atoms with Gasteiger partial charge in [-0.05, 0) is 37.0 Å². The molecule has 1 heterocycles. The zero-order valence-electron chi connectivity index (χ0n) is 13.4. The SMILES string of the molecule is CC[C@@H](NC(=O)CSc1nnc(N)n1C1CC1)c1ccc(Cl)cc1. The second kappa shape index (κ2) is 7.44. The van der Waals surface area contributed by atoms with Crippen molar-refractivity contribution in [1.82, 2.24) is 20.1 Å². The van der Waals surface area contributed by atoms with Crippen LogP contribution in [0.15, 0.2) is 29.4 Å². The van der Waals surface area contributed by atoms with Gasteiger partial charge >= 0.3 is 0 Å². The van der Waals surface area contributed by atoms with E-state index < -0.39 is 0 Å². The molecule has 1 aliphatic carbocycles. The normalized spacial score (nSPS) is 15.2. The molecule has 1 aromatic heterocycles. The molecule has 1 atom stereocenters. The lowest BCUT2D eigenvalue weighted by atomic mass is 10.0. The van der Waals surface area contributed by atoms with Crippen molar-refractivity contribution < 1.29 is 4.79 Å². The number of aromatic nitrogens is 3. The third-order valence-corrected chi connectivity index (χ3v) is 5.15. The highest BCUT2D eigenvalue weighted by molar-refractivity contribution is 7.99. The first-order chi connectivity index (χ1) is 11.6. The molecule has 0 unspecified atom stereocenters. The molecule has 0 spiro atoms. The number of rotatable bonds is 7. The zero-order valence-corrected chi connectivity index (χ0v) is 15.0. The molecule has 8 heteroatoms. The molecule has 3 rings (SSSR count). The van der Waals surface area contributed by atoms with Crippen LogP contribution in [0.4, 0.5) is 5.95 Å². The van der Waals surface area contributed by atoms with Gasteiger partial charge in [0.05, 0.1) is 11.8 Å². The van der Waals surface area contributed by atoms with Crippen LogP contribution in [0, 0.1) is 0 Å². The number of nitrogen functional groups attached to an aromatic ring is 1. The second-order valence-corrected chi connectivity index (χ2v) is 7.19. The summed E-state index contributed by atoms with van der Waals surface area (Å²) in [5, 5.41) is 12.4. The van der Waals surface area contributed by atoms with Crippen molar-refractivity contribution in [1.29, 1.82) is 0 Å². The van der Waals surface area contributed by atoms with Crippen LogP contribution in [0.25, 0.3) is 0 Å². The maximum absolute atomic E-state index is 12.3. The van der Waals surface area contributed by atoms with E-state index in [1.54, 1.807) is 0 Å². The van der Waals surface area contributed by atoms with Crippen molar-refractivity contribution in [2.75, 3.05) is 11.5 Å². The van der Waals surface area contributed by atoms with Gasteiger partial charge in [0.15, 0.2) is 5.16 Å². The molecule has 128 valence electrons. The Balaban J connectivity index is 1.57. The van der Waals surface area contributed by atoms with E-state index >= 15 is 0 Å². The summed E-state index contributed by atoms with van der Waals surface area (Å²) in [6.07, 6.45) is 3.00. The summed E-state index contributed by atoms with van der Waals surface area (Å²) in [6.45, 7) is 2.04. The number of hydrogen-bond donors (Lipinski definition) is 2. The highest BCUT2D eigenvalue weighted by Gasteiger charge is 2.29. The molecule has 24 heavy (non-hydrogen) atoms. The molecule has 1 aromatic carbocycles. The van der Waals surface area contributed by atoms with E-state index in [0.29, 0.717) is 22.2 Å². The Morgan fingerprint density at radius 2 is 2.12 bits per heavy atom. The minimum atomic E-state index is -0.0364. The Bertz CT molecular complexity index is 714. The summed E-state index contributed by atoms with van der Waals surface area (Å²) in [6, 6.07) is 7.91. The summed E-state index contributed by atoms with van der Waals surface area (Å²) in [7, 11) is 0. The number of carbonyl (C=O) groups is 1. The van der Waals surface area contributed by atoms with Crippen molar-refractivity contribution >= 4 is 35.2 Å². The van der Waals surface area contributed by atoms with E-state index in [9.17, 15) is 4.79 Å². The number of amides is 1. The molecule has 0 bridgehead atoms. The zero-order chi connectivity index (χ0) is 17.1. The number of carbonyl (C=O) groups excluding carboxylic acids is 1. The third-order valence-electron chi connectivity index (χ3n) is 3.95. The average molecular weight is 366 g/mol. The fourth-order valence-corrected chi connectivity index (χ4v) is 3.49. The van der Waals surface area contributed by atoms with Crippen LogP contribution in [-0.4, -0.2) is 26.4 Å². The van der Waals surface area contributed by atoms with Gasteiger partial charge in [0.2, 0.25) is 11.9 Å². The van der Waals surface area contributed by atoms with E-state index in [0.717, 1.165) is 24.8 Å². The number of nitrogens with one attached hydrogen (secondary N) is 1. The average Bonchev–Trinajstić information content (AvgIpc) is 3.34. The molecular weight excluding hydrogens is 346 g/mol. The lowest BCUT2D eigenvalue weighted by Gasteiger charge is -2.17. The quantitative estimate of drug-likeness (QED) is 0.736. The van der Waals surface area contributed by atoms with Crippen molar-refractivity contribution in [3.8, 4) is 0 Å². The van der Waals surface area contributed by atoms with Gasteiger partial charge in [-0.3, -0.25) is 9.36 Å². The highest BCUT2D eigenvalue weighted by Crippen LogP contribution is 2.39. The van der Waals surface area contributed by atoms with Crippen molar-refractivity contribution in [2.24, 2.45) is 0 Å². The lowest BCUT2D eigenvalue weighted by Crippen LogP contribution is -2.29. The fourth-order valence-electron chi connectivity index (χ4n) is 2.55. The Morgan fingerprint density at radius 3 is 2.75 bits per heavy atom. The Kier molecular flexibility index (Phi) is 5.30. The molecule has 1 aliphatic rings. The number of thioether (sulfide) groups is 1. The van der Waals surface area contributed by atoms with Crippen molar-refractivity contribution in [3.63, 3.8) is 0 Å². The summed E-state index contributed by atoms with van der Waals surface area (Å²) >= 11 is 7.28. The topological polar surface area (TPSA) is 85.8 Å². The largest absolute Gasteiger partial charge is 0.368 e. The van der Waals surface area contributed by atoms with Crippen molar-refractivity contribution in [3.05, 3.63) is 34.9 Å². The molecule has 6 nitrogen and oxygen atoms in total. The van der Waals surface area contributed by atoms with Gasteiger partial charge in [0.25, 0.3) is 0 Å². The van der Waals surface area contributed by atoms with Gasteiger partial charge in [-0.15, -0.1) is 10.2 Å². The Hall–Kier alpha value is -1.73. The summed E-state index contributed by atoms with van der Waals surface area (Å²) < 4.78 is 1.93. The molecule has 1 saturated carbocycles. The summed E-state index contributed by atoms with van der Waals surface area (Å²) in [4.78, 5) is 12.3. The van der Waals surface area contributed by atoms with Gasteiger partial charge in [-0.25, -0.2) is 0 Å². The van der Waals surface area contributed by atoms with Gasteiger partial charge in [-0.2, -0.15) is 0 Å². The standard InChI is InChI=1S/C16H20ClN5OS/c1-2-13(10-3-5-11(17)6-4-10)19-14(23)9-24-16-21-20-15(18)22(16)12-7-8-12/h3-6,12-13H,2,7-9H2,1H3,(H2,18,20)(H,19,23)/t13-/m1/s1. The molecule has 1 fully saturated rings. The predicted molar refractivity (Wildman–Crippen MR) is 96.1 cm³/mol. The number of nitrogens with two attached hydrogens (primary N) is 1. The van der Waals surface area contributed by atoms with Crippen LogP contribution in [0.3, 0.4) is 0 Å². The number of hydrogen-bond acceptors (Lipinski definition) is 5. The number of benzene rings is 1.